The summed E-state index contributed by atoms with van der Waals surface area (Å²) in [5.74, 6) is 1.25. The number of hydrogen-bond acceptors (Lipinski definition) is 6. The Labute approximate surface area is 155 Å². The molecule has 0 fully saturated rings. The second-order valence-electron chi connectivity index (χ2n) is 5.58. The quantitative estimate of drug-likeness (QED) is 0.684. The van der Waals surface area contributed by atoms with Crippen LogP contribution in [-0.4, -0.2) is 36.5 Å². The highest BCUT2D eigenvalue weighted by Gasteiger charge is 2.13. The number of ether oxygens (including phenoxy) is 2. The first-order chi connectivity index (χ1) is 13.1. The van der Waals surface area contributed by atoms with E-state index in [1.54, 1.807) is 36.4 Å². The number of methoxy groups -OCH3 is 2. The van der Waals surface area contributed by atoms with Crippen molar-refractivity contribution in [1.82, 2.24) is 15.1 Å². The van der Waals surface area contributed by atoms with E-state index < -0.39 is 0 Å². The molecule has 0 radical (unpaired) electrons. The number of hydrogen-bond donors (Lipinski definition) is 1. The normalized spacial score (nSPS) is 10.4. The highest BCUT2D eigenvalue weighted by molar-refractivity contribution is 5.97. The first kappa shape index (κ1) is 18.2. The molecule has 1 amide bonds. The molecule has 0 unspecified atom stereocenters. The maximum absolute atomic E-state index is 12.4. The van der Waals surface area contributed by atoms with E-state index in [9.17, 15) is 9.59 Å². The summed E-state index contributed by atoms with van der Waals surface area (Å²) in [5, 5.41) is 7.02. The zero-order valence-corrected chi connectivity index (χ0v) is 15.0. The number of carbonyl (C=O) groups excluding carboxylic acids is 1. The van der Waals surface area contributed by atoms with Gasteiger partial charge in [0, 0.05) is 18.7 Å². The van der Waals surface area contributed by atoms with Crippen molar-refractivity contribution in [2.75, 3.05) is 20.8 Å². The van der Waals surface area contributed by atoms with Gasteiger partial charge in [0.25, 0.3) is 11.5 Å². The Morgan fingerprint density at radius 1 is 1.19 bits per heavy atom. The molecule has 8 heteroatoms. The predicted molar refractivity (Wildman–Crippen MR) is 98.1 cm³/mol. The molecule has 1 aromatic carbocycles. The van der Waals surface area contributed by atoms with Gasteiger partial charge < -0.3 is 19.2 Å². The number of carbonyl (C=O) groups is 1. The van der Waals surface area contributed by atoms with Crippen molar-refractivity contribution in [3.8, 4) is 23.0 Å². The molecule has 0 saturated heterocycles. The van der Waals surface area contributed by atoms with Crippen LogP contribution >= 0.6 is 0 Å². The standard InChI is InChI=1S/C19H19N3O5/c1-25-13-5-6-14(17(12-13)26-2)19(24)20-9-10-22-18(23)8-7-15(21-22)16-4-3-11-27-16/h3-8,11-12H,9-10H2,1-2H3,(H,20,24). The van der Waals surface area contributed by atoms with E-state index in [0.29, 0.717) is 28.5 Å². The first-order valence-corrected chi connectivity index (χ1v) is 8.24. The van der Waals surface area contributed by atoms with Crippen molar-refractivity contribution >= 4 is 5.91 Å². The maximum atomic E-state index is 12.4. The number of nitrogens with one attached hydrogen (secondary N) is 1. The first-order valence-electron chi connectivity index (χ1n) is 8.24. The van der Waals surface area contributed by atoms with Crippen LogP contribution in [0.1, 0.15) is 10.4 Å². The lowest BCUT2D eigenvalue weighted by atomic mass is 10.1. The van der Waals surface area contributed by atoms with E-state index in [4.69, 9.17) is 13.9 Å². The van der Waals surface area contributed by atoms with Crippen molar-refractivity contribution < 1.29 is 18.7 Å². The van der Waals surface area contributed by atoms with E-state index in [0.717, 1.165) is 0 Å². The van der Waals surface area contributed by atoms with Gasteiger partial charge in [0.2, 0.25) is 0 Å². The lowest BCUT2D eigenvalue weighted by Gasteiger charge is -2.11. The van der Waals surface area contributed by atoms with Crippen molar-refractivity contribution in [2.45, 2.75) is 6.54 Å². The summed E-state index contributed by atoms with van der Waals surface area (Å²) in [6, 6.07) is 11.4. The van der Waals surface area contributed by atoms with Crippen molar-refractivity contribution in [2.24, 2.45) is 0 Å². The van der Waals surface area contributed by atoms with Crippen LogP contribution in [0.3, 0.4) is 0 Å². The highest BCUT2D eigenvalue weighted by atomic mass is 16.5. The molecule has 0 spiro atoms. The van der Waals surface area contributed by atoms with Gasteiger partial charge in [-0.2, -0.15) is 5.10 Å². The summed E-state index contributed by atoms with van der Waals surface area (Å²) in [7, 11) is 3.02. The molecule has 0 aliphatic rings. The Kier molecular flexibility index (Phi) is 5.55. The molecule has 1 N–H and O–H groups in total. The van der Waals surface area contributed by atoms with E-state index in [-0.39, 0.29) is 24.6 Å². The third-order valence-electron chi connectivity index (χ3n) is 3.90. The highest BCUT2D eigenvalue weighted by Crippen LogP contribution is 2.24. The second-order valence-corrected chi connectivity index (χ2v) is 5.58. The summed E-state index contributed by atoms with van der Waals surface area (Å²) in [5.41, 5.74) is 0.660. The molecule has 8 nitrogen and oxygen atoms in total. The molecule has 0 saturated carbocycles. The Morgan fingerprint density at radius 2 is 2.04 bits per heavy atom. The Balaban J connectivity index is 1.67. The van der Waals surface area contributed by atoms with E-state index in [1.807, 2.05) is 0 Å². The second kappa shape index (κ2) is 8.22. The number of furan rings is 1. The zero-order chi connectivity index (χ0) is 19.2. The van der Waals surface area contributed by atoms with Crippen molar-refractivity contribution in [3.63, 3.8) is 0 Å². The average molecular weight is 369 g/mol. The fourth-order valence-electron chi connectivity index (χ4n) is 2.52. The van der Waals surface area contributed by atoms with Gasteiger partial charge in [-0.15, -0.1) is 0 Å². The molecule has 0 atom stereocenters. The van der Waals surface area contributed by atoms with Gasteiger partial charge in [0.1, 0.15) is 17.2 Å². The van der Waals surface area contributed by atoms with Gasteiger partial charge in [-0.25, -0.2) is 4.68 Å². The lowest BCUT2D eigenvalue weighted by Crippen LogP contribution is -2.32. The SMILES string of the molecule is COc1ccc(C(=O)NCCn2nc(-c3ccco3)ccc2=O)c(OC)c1. The summed E-state index contributed by atoms with van der Waals surface area (Å²) < 4.78 is 16.9. The van der Waals surface area contributed by atoms with Crippen LogP contribution in [0.25, 0.3) is 11.5 Å². The Bertz CT molecular complexity index is 979. The van der Waals surface area contributed by atoms with Gasteiger partial charge in [0.15, 0.2) is 5.76 Å². The minimum Gasteiger partial charge on any atom is -0.497 e. The molecule has 0 aliphatic heterocycles. The monoisotopic (exact) mass is 369 g/mol. The van der Waals surface area contributed by atoms with E-state index in [2.05, 4.69) is 10.4 Å². The van der Waals surface area contributed by atoms with Gasteiger partial charge in [-0.1, -0.05) is 0 Å². The minimum absolute atomic E-state index is 0.220. The Morgan fingerprint density at radius 3 is 2.74 bits per heavy atom. The van der Waals surface area contributed by atoms with Crippen LogP contribution < -0.4 is 20.3 Å². The molecule has 2 heterocycles. The largest absolute Gasteiger partial charge is 0.497 e. The predicted octanol–water partition coefficient (Wildman–Crippen LogP) is 1.95. The summed E-state index contributed by atoms with van der Waals surface area (Å²) >= 11 is 0. The van der Waals surface area contributed by atoms with E-state index >= 15 is 0 Å². The van der Waals surface area contributed by atoms with Gasteiger partial charge >= 0.3 is 0 Å². The maximum Gasteiger partial charge on any atom is 0.266 e. The summed E-state index contributed by atoms with van der Waals surface area (Å²) in [4.78, 5) is 24.4. The average Bonchev–Trinajstić information content (AvgIpc) is 3.23. The van der Waals surface area contributed by atoms with Gasteiger partial charge in [-0.05, 0) is 30.3 Å². The summed E-state index contributed by atoms with van der Waals surface area (Å²) in [6.45, 7) is 0.445. The van der Waals surface area contributed by atoms with Gasteiger partial charge in [-0.3, -0.25) is 9.59 Å². The smallest absolute Gasteiger partial charge is 0.266 e. The molecule has 27 heavy (non-hydrogen) atoms. The molecule has 2 aromatic heterocycles. The fourth-order valence-corrected chi connectivity index (χ4v) is 2.52. The van der Waals surface area contributed by atoms with Crippen molar-refractivity contribution in [3.05, 3.63) is 64.6 Å². The van der Waals surface area contributed by atoms with Crippen LogP contribution in [0.4, 0.5) is 0 Å². The molecule has 0 bridgehead atoms. The molecular formula is C19H19N3O5. The van der Waals surface area contributed by atoms with Crippen molar-refractivity contribution in [1.29, 1.82) is 0 Å². The van der Waals surface area contributed by atoms with E-state index in [1.165, 1.54) is 31.2 Å². The van der Waals surface area contributed by atoms with Crippen LogP contribution in [0.15, 0.2) is 57.9 Å². The molecule has 3 aromatic rings. The molecular weight excluding hydrogens is 350 g/mol. The Hall–Kier alpha value is -3.55. The van der Waals surface area contributed by atoms with Gasteiger partial charge in [0.05, 0.1) is 32.6 Å². The molecule has 140 valence electrons. The van der Waals surface area contributed by atoms with Crippen LogP contribution in [0.5, 0.6) is 11.5 Å². The molecule has 0 aliphatic carbocycles. The summed E-state index contributed by atoms with van der Waals surface area (Å²) in [6.07, 6.45) is 1.54. The number of aromatic nitrogens is 2. The zero-order valence-electron chi connectivity index (χ0n) is 15.0. The number of amides is 1. The number of nitrogens with zero attached hydrogens (tertiary/aromatic N) is 2. The van der Waals surface area contributed by atoms with Crippen LogP contribution in [0, 0.1) is 0 Å². The third-order valence-corrected chi connectivity index (χ3v) is 3.90. The van der Waals surface area contributed by atoms with Crippen LogP contribution in [-0.2, 0) is 6.54 Å². The topological polar surface area (TPSA) is 95.6 Å². The van der Waals surface area contributed by atoms with Crippen LogP contribution in [0.2, 0.25) is 0 Å². The molecule has 3 rings (SSSR count). The fraction of sp³-hybridized carbons (Fsp3) is 0.211. The minimum atomic E-state index is -0.315. The number of rotatable bonds is 7. The number of benzene rings is 1. The lowest BCUT2D eigenvalue weighted by molar-refractivity contribution is 0.0948. The third kappa shape index (κ3) is 4.17.